The van der Waals surface area contributed by atoms with E-state index < -0.39 is 17.9 Å². The van der Waals surface area contributed by atoms with Crippen molar-refractivity contribution in [1.29, 1.82) is 0 Å². The van der Waals surface area contributed by atoms with Gasteiger partial charge in [-0.2, -0.15) is 25.5 Å². The van der Waals surface area contributed by atoms with Gasteiger partial charge < -0.3 is 36.5 Å². The van der Waals surface area contributed by atoms with Gasteiger partial charge in [0.25, 0.3) is 0 Å². The summed E-state index contributed by atoms with van der Waals surface area (Å²) in [5, 5.41) is 85.3. The fraction of sp³-hybridized carbons (Fsp3) is 0.294. The molecule has 0 bridgehead atoms. The van der Waals surface area contributed by atoms with Crippen LogP contribution in [0.1, 0.15) is 227 Å². The number of carbonyl (C=O) groups excluding carboxylic acids is 2. The van der Waals surface area contributed by atoms with Crippen molar-refractivity contribution >= 4 is 130 Å². The quantitative estimate of drug-likeness (QED) is 0.0355. The van der Waals surface area contributed by atoms with E-state index in [9.17, 15) is 39.2 Å². The number of aliphatic imine (C=N–C) groups is 1. The molecule has 7 unspecified atom stereocenters. The number of carboxylic acids is 1. The molecule has 7 atom stereocenters. The Morgan fingerprint density at radius 1 is 0.690 bits per heavy atom. The largest absolute Gasteiger partial charge is 0.508 e. The molecule has 7 aromatic heterocycles. The number of hydrazone groups is 1. The van der Waals surface area contributed by atoms with E-state index in [2.05, 4.69) is 175 Å². The Kier molecular flexibility index (Phi) is 27.8. The molecule has 21 rings (SSSR count). The molecular formula is C102H107F2N17O7S. The number of aliphatic hydroxyl groups excluding tert-OH is 1. The van der Waals surface area contributed by atoms with Crippen molar-refractivity contribution in [3.05, 3.63) is 278 Å². The normalized spacial score (nSPS) is 19.2. The molecule has 4 aliphatic carbocycles. The number of halogens is 2. The summed E-state index contributed by atoms with van der Waals surface area (Å²) in [4.78, 5) is 53.7. The lowest BCUT2D eigenvalue weighted by atomic mass is 9.74. The van der Waals surface area contributed by atoms with Crippen molar-refractivity contribution in [3.8, 4) is 22.6 Å². The molecule has 6 aromatic carbocycles. The molecule has 662 valence electrons. The number of imide groups is 1. The molecule has 13 aromatic rings. The summed E-state index contributed by atoms with van der Waals surface area (Å²) < 4.78 is 15.8. The number of aromatic nitrogens is 11. The van der Waals surface area contributed by atoms with Gasteiger partial charge in [-0.15, -0.1) is 11.3 Å². The topological polar surface area (TPSA) is 358 Å². The number of rotatable bonds is 14. The number of thiazole rings is 1. The smallest absolute Gasteiger partial charge is 0.306 e. The second-order valence-corrected chi connectivity index (χ2v) is 34.8. The van der Waals surface area contributed by atoms with Crippen LogP contribution in [0.2, 0.25) is 0 Å². The lowest BCUT2D eigenvalue weighted by Crippen LogP contribution is -2.39. The zero-order valence-corrected chi connectivity index (χ0v) is 74.3. The van der Waals surface area contributed by atoms with E-state index in [0.29, 0.717) is 43.4 Å². The Labute approximate surface area is 750 Å². The Bertz CT molecular complexity index is 6680. The summed E-state index contributed by atoms with van der Waals surface area (Å²) >= 11 is 1.77. The maximum atomic E-state index is 14.5. The van der Waals surface area contributed by atoms with Gasteiger partial charge in [0, 0.05) is 91.7 Å². The Morgan fingerprint density at radius 2 is 1.39 bits per heavy atom. The number of benzene rings is 6. The number of aryl methyl sites for hydroxylation is 2. The van der Waals surface area contributed by atoms with Crippen molar-refractivity contribution in [2.24, 2.45) is 16.0 Å². The molecule has 1 saturated heterocycles. The number of amides is 2. The first kappa shape index (κ1) is 89.9. The monoisotopic (exact) mass is 1750 g/mol. The number of H-pyrrole nitrogens is 4. The third-order valence-electron chi connectivity index (χ3n) is 24.8. The van der Waals surface area contributed by atoms with Crippen molar-refractivity contribution < 1.29 is 43.9 Å². The first-order chi connectivity index (χ1) is 62.2. The van der Waals surface area contributed by atoms with Crippen LogP contribution < -0.4 is 21.4 Å². The van der Waals surface area contributed by atoms with Gasteiger partial charge in [-0.05, 0) is 263 Å². The number of fused-ring (bicyclic) bond motifs is 13. The number of aliphatic carboxylic acids is 1. The fourth-order valence-corrected chi connectivity index (χ4v) is 19.4. The van der Waals surface area contributed by atoms with Crippen LogP contribution in [0.3, 0.4) is 0 Å². The number of nitrogens with zero attached hydrogens (tertiary/aromatic N) is 9. The summed E-state index contributed by atoms with van der Waals surface area (Å²) in [5.41, 5.74) is 33.8. The van der Waals surface area contributed by atoms with Crippen molar-refractivity contribution in [2.75, 3.05) is 10.6 Å². The zero-order chi connectivity index (χ0) is 89.4. The summed E-state index contributed by atoms with van der Waals surface area (Å²) in [5.74, 6) is -2.01. The van der Waals surface area contributed by atoms with Crippen LogP contribution in [0.5, 0.6) is 11.5 Å². The van der Waals surface area contributed by atoms with E-state index in [4.69, 9.17) is 9.98 Å². The SMILES string of the molecule is C=Cc1[nH]ncc1-c1cnc(C2CCC(=O)NC2=O)cc1C.CCC.CCCC1=C(C)c2c(ccc3[nH]ncc23)NC1c1ccc(O)cc1F.CCCC1=C(C)c2c(ccc3[nH]ncc23)NC1c1ccc2nc(C)sc2c1.F.O=C(O)C1CCc2c(c(C3=CCC(O)C=C3)nc3c2C2C=NNC2C=C3)C1.Oc1ccc(C(=Nc2ccc3cn[nH]c3c2)C2=CCCCC2)cc1. The van der Waals surface area contributed by atoms with Crippen LogP contribution in [-0.2, 0) is 27.2 Å². The summed E-state index contributed by atoms with van der Waals surface area (Å²) in [7, 11) is 0. The van der Waals surface area contributed by atoms with E-state index in [1.807, 2.05) is 98.5 Å². The highest BCUT2D eigenvalue weighted by Gasteiger charge is 2.38. The van der Waals surface area contributed by atoms with Crippen LogP contribution in [0.25, 0.3) is 82.9 Å². The van der Waals surface area contributed by atoms with Gasteiger partial charge in [-0.3, -0.25) is 49.8 Å². The molecule has 2 amide bonds. The number of phenols is 2. The number of hydrogen-bond acceptors (Lipinski definition) is 19. The Morgan fingerprint density at radius 3 is 2.05 bits per heavy atom. The highest BCUT2D eigenvalue weighted by Crippen LogP contribution is 2.49. The predicted octanol–water partition coefficient (Wildman–Crippen LogP) is 21.8. The number of phenolic OH excluding ortho intramolecular Hbond substituents is 2. The van der Waals surface area contributed by atoms with Gasteiger partial charge in [0.1, 0.15) is 17.3 Å². The van der Waals surface area contributed by atoms with Gasteiger partial charge in [0.05, 0.1) is 127 Å². The molecule has 0 radical (unpaired) electrons. The minimum atomic E-state index is -0.741. The number of piperidine rings is 1. The maximum Gasteiger partial charge on any atom is 0.306 e. The minimum absolute atomic E-state index is 0. The first-order valence-electron chi connectivity index (χ1n) is 44.2. The molecule has 12 N–H and O–H groups in total. The van der Waals surface area contributed by atoms with Crippen LogP contribution in [0.4, 0.5) is 26.2 Å². The Hall–Kier alpha value is -13.9. The Balaban J connectivity index is 0.000000123. The molecule has 8 aliphatic rings. The van der Waals surface area contributed by atoms with Crippen molar-refractivity contribution in [3.63, 3.8) is 0 Å². The molecule has 4 aliphatic heterocycles. The van der Waals surface area contributed by atoms with Crippen LogP contribution in [-0.4, -0.2) is 118 Å². The summed E-state index contributed by atoms with van der Waals surface area (Å²) in [6, 6.07) is 34.7. The standard InChI is InChI=1S/C22H22N4S.C21H21N3O3.C20H20FN3O.C20H19N3O.C16H16N4O2.C3H8.FH/c1-4-5-15-12(2)21-16-11-23-26-17(16)8-9-19(21)25-22(15)14-6-7-18-20(10-14)27-13(3)24-18;25-13-4-1-11(2-5-13)20-15-9-12(21(26)27)3-6-14(15)19-16-10-22-24-17(16)7-8-18(19)23-20;1-3-4-13-11(2)19-15-10-22-24-17(15)7-8-18(19)23-20(13)14-6-5-12(25)9-16(14)21;24-18-10-7-15(8-11-18)20(14-4-2-1-3-5-14)22-17-9-6-16-13-21-23-19(16)12-17;1-3-13-12(8-18-20-13)11-7-17-14(6-9(11)2)10-4-5-15(21)19-16(10)22;1-3-2;/h6-11,22,25H,4-5H2,1-3H3,(H,23,26);1-2,4,7-8,10,12-13,16-17,24-25H,3,5-6,9H2,(H,26,27);5-10,20,23,25H,3-4H2,1-2H3,(H,22,24);4,6-13,24H,1-3,5H2,(H,21,23);3,6-8,10H,1,4-5H2,2H3,(H,18,20)(H,19,21,22);3H2,1-2H3;1H. The van der Waals surface area contributed by atoms with Gasteiger partial charge in [0.15, 0.2) is 0 Å². The maximum absolute atomic E-state index is 14.5. The third kappa shape index (κ3) is 19.2. The molecule has 24 nitrogen and oxygen atoms in total. The summed E-state index contributed by atoms with van der Waals surface area (Å²) in [6.45, 7) is 20.8. The molecule has 129 heavy (non-hydrogen) atoms. The van der Waals surface area contributed by atoms with Crippen LogP contribution >= 0.6 is 11.3 Å². The highest BCUT2D eigenvalue weighted by molar-refractivity contribution is 7.18. The van der Waals surface area contributed by atoms with Crippen LogP contribution in [0, 0.1) is 25.6 Å². The van der Waals surface area contributed by atoms with E-state index in [1.165, 1.54) is 97.3 Å². The van der Waals surface area contributed by atoms with Crippen molar-refractivity contribution in [1.82, 2.24) is 66.5 Å². The number of aromatic hydroxyl groups is 2. The lowest BCUT2D eigenvalue weighted by Gasteiger charge is -2.32. The second kappa shape index (κ2) is 40.0. The highest BCUT2D eigenvalue weighted by atomic mass is 32.1. The number of hydrogen-bond donors (Lipinski definition) is 12. The van der Waals surface area contributed by atoms with Crippen LogP contribution in [0.15, 0.2) is 204 Å². The van der Waals surface area contributed by atoms with E-state index in [-0.39, 0.29) is 63.9 Å². The fourth-order valence-electron chi connectivity index (χ4n) is 18.5. The number of allylic oxidation sites excluding steroid dienone is 6. The van der Waals surface area contributed by atoms with Gasteiger partial charge in [-0.25, -0.2) is 19.4 Å². The predicted molar refractivity (Wildman–Crippen MR) is 512 cm³/mol. The summed E-state index contributed by atoms with van der Waals surface area (Å²) in [6.07, 6.45) is 37.6. The molecule has 0 spiro atoms. The molecule has 1 fully saturated rings. The number of aliphatic hydroxyl groups is 1. The minimum Gasteiger partial charge on any atom is -0.508 e. The number of anilines is 2. The number of nitrogens with one attached hydrogen (secondary N) is 8. The number of aromatic amines is 4. The number of carbonyl (C=O) groups is 3. The van der Waals surface area contributed by atoms with Gasteiger partial charge >= 0.3 is 5.97 Å². The van der Waals surface area contributed by atoms with E-state index in [1.54, 1.807) is 54.1 Å². The lowest BCUT2D eigenvalue weighted by molar-refractivity contribution is -0.142. The number of carboxylic acid groups (broad SMARTS) is 1. The second-order valence-electron chi connectivity index (χ2n) is 33.6. The van der Waals surface area contributed by atoms with Crippen molar-refractivity contribution in [2.45, 2.75) is 188 Å². The van der Waals surface area contributed by atoms with E-state index >= 15 is 0 Å². The average molecular weight is 1750 g/mol. The average Bonchev–Trinajstić information content (AvgIpc) is 1.74. The number of pyridine rings is 2. The van der Waals surface area contributed by atoms with Gasteiger partial charge in [0.2, 0.25) is 11.8 Å². The zero-order valence-electron chi connectivity index (χ0n) is 73.5. The first-order valence-corrected chi connectivity index (χ1v) is 45.0. The molecule has 27 heteroatoms. The van der Waals surface area contributed by atoms with Gasteiger partial charge in [-0.1, -0.05) is 96.0 Å². The molecule has 11 heterocycles. The molecule has 0 saturated carbocycles. The third-order valence-corrected chi connectivity index (χ3v) is 25.7. The van der Waals surface area contributed by atoms with E-state index in [0.717, 1.165) is 156 Å². The molecular weight excluding hydrogens is 1650 g/mol.